The van der Waals surface area contributed by atoms with Gasteiger partial charge in [0.1, 0.15) is 0 Å². The molecule has 1 aromatic carbocycles. The SMILES string of the molecule is C=CCN(CCc1ccccc1)C(=O)NCc1cnn(C)c1. The van der Waals surface area contributed by atoms with Crippen molar-refractivity contribution in [3.63, 3.8) is 0 Å². The standard InChI is InChI=1S/C17H22N4O/c1-3-10-21(11-9-15-7-5-4-6-8-15)17(22)18-12-16-13-19-20(2)14-16/h3-8,13-14H,1,9-12H2,2H3,(H,18,22). The van der Waals surface area contributed by atoms with Crippen molar-refractivity contribution >= 4 is 6.03 Å². The van der Waals surface area contributed by atoms with Gasteiger partial charge in [-0.05, 0) is 12.0 Å². The first-order chi connectivity index (χ1) is 10.7. The first-order valence-corrected chi connectivity index (χ1v) is 7.34. The molecular formula is C17H22N4O. The molecule has 22 heavy (non-hydrogen) atoms. The Labute approximate surface area is 131 Å². The second kappa shape index (κ2) is 8.02. The van der Waals surface area contributed by atoms with Crippen molar-refractivity contribution in [1.82, 2.24) is 20.0 Å². The fraction of sp³-hybridized carbons (Fsp3) is 0.294. The third kappa shape index (κ3) is 4.77. The Morgan fingerprint density at radius 1 is 1.36 bits per heavy atom. The number of aryl methyl sites for hydroxylation is 1. The molecule has 0 unspecified atom stereocenters. The van der Waals surface area contributed by atoms with Crippen molar-refractivity contribution in [2.24, 2.45) is 7.05 Å². The molecule has 1 aromatic heterocycles. The number of carbonyl (C=O) groups excluding carboxylic acids is 1. The van der Waals surface area contributed by atoms with E-state index >= 15 is 0 Å². The van der Waals surface area contributed by atoms with Gasteiger partial charge in [0, 0.05) is 38.4 Å². The van der Waals surface area contributed by atoms with Crippen LogP contribution in [0.1, 0.15) is 11.1 Å². The van der Waals surface area contributed by atoms with Crippen LogP contribution >= 0.6 is 0 Å². The van der Waals surface area contributed by atoms with Crippen LogP contribution in [0.5, 0.6) is 0 Å². The Morgan fingerprint density at radius 3 is 2.77 bits per heavy atom. The Hall–Kier alpha value is -2.56. The van der Waals surface area contributed by atoms with Crippen LogP contribution in [-0.4, -0.2) is 33.8 Å². The highest BCUT2D eigenvalue weighted by Crippen LogP contribution is 2.03. The van der Waals surface area contributed by atoms with E-state index in [1.54, 1.807) is 21.9 Å². The minimum Gasteiger partial charge on any atom is -0.334 e. The number of carbonyl (C=O) groups is 1. The van der Waals surface area contributed by atoms with Gasteiger partial charge in [0.05, 0.1) is 6.20 Å². The van der Waals surface area contributed by atoms with E-state index in [4.69, 9.17) is 0 Å². The minimum atomic E-state index is -0.0836. The highest BCUT2D eigenvalue weighted by molar-refractivity contribution is 5.74. The fourth-order valence-electron chi connectivity index (χ4n) is 2.19. The van der Waals surface area contributed by atoms with E-state index in [9.17, 15) is 4.79 Å². The number of nitrogens with one attached hydrogen (secondary N) is 1. The Morgan fingerprint density at radius 2 is 2.14 bits per heavy atom. The molecule has 0 aliphatic rings. The lowest BCUT2D eigenvalue weighted by molar-refractivity contribution is 0.203. The summed E-state index contributed by atoms with van der Waals surface area (Å²) in [6.07, 6.45) is 6.22. The van der Waals surface area contributed by atoms with Crippen molar-refractivity contribution in [2.75, 3.05) is 13.1 Å². The Bertz CT molecular complexity index is 606. The number of hydrogen-bond acceptors (Lipinski definition) is 2. The van der Waals surface area contributed by atoms with Crippen LogP contribution in [0.2, 0.25) is 0 Å². The van der Waals surface area contributed by atoms with Crippen LogP contribution in [0.15, 0.2) is 55.4 Å². The predicted octanol–water partition coefficient (Wildman–Crippen LogP) is 2.36. The van der Waals surface area contributed by atoms with Crippen molar-refractivity contribution in [3.8, 4) is 0 Å². The van der Waals surface area contributed by atoms with Gasteiger partial charge in [-0.15, -0.1) is 6.58 Å². The van der Waals surface area contributed by atoms with Gasteiger partial charge in [-0.2, -0.15) is 5.10 Å². The van der Waals surface area contributed by atoms with Crippen LogP contribution in [0.3, 0.4) is 0 Å². The molecule has 5 nitrogen and oxygen atoms in total. The molecule has 116 valence electrons. The van der Waals surface area contributed by atoms with E-state index in [1.165, 1.54) is 5.56 Å². The second-order valence-corrected chi connectivity index (χ2v) is 5.15. The summed E-state index contributed by atoms with van der Waals surface area (Å²) in [5.41, 5.74) is 2.20. The van der Waals surface area contributed by atoms with Gasteiger partial charge in [-0.1, -0.05) is 36.4 Å². The summed E-state index contributed by atoms with van der Waals surface area (Å²) in [7, 11) is 1.86. The van der Waals surface area contributed by atoms with Crippen molar-refractivity contribution in [2.45, 2.75) is 13.0 Å². The van der Waals surface area contributed by atoms with Crippen LogP contribution in [-0.2, 0) is 20.0 Å². The molecule has 1 heterocycles. The van der Waals surface area contributed by atoms with Crippen LogP contribution < -0.4 is 5.32 Å². The molecule has 2 rings (SSSR count). The second-order valence-electron chi connectivity index (χ2n) is 5.15. The number of amides is 2. The summed E-state index contributed by atoms with van der Waals surface area (Å²) in [6, 6.07) is 10.1. The van der Waals surface area contributed by atoms with Crippen LogP contribution in [0.4, 0.5) is 4.79 Å². The maximum atomic E-state index is 12.3. The maximum absolute atomic E-state index is 12.3. The fourth-order valence-corrected chi connectivity index (χ4v) is 2.19. The lowest BCUT2D eigenvalue weighted by Gasteiger charge is -2.21. The van der Waals surface area contributed by atoms with E-state index in [1.807, 2.05) is 31.4 Å². The Kier molecular flexibility index (Phi) is 5.77. The molecule has 0 fully saturated rings. The van der Waals surface area contributed by atoms with Crippen molar-refractivity contribution < 1.29 is 4.79 Å². The molecule has 0 aliphatic carbocycles. The minimum absolute atomic E-state index is 0.0836. The van der Waals surface area contributed by atoms with Gasteiger partial charge in [-0.3, -0.25) is 4.68 Å². The average molecular weight is 298 g/mol. The van der Waals surface area contributed by atoms with Gasteiger partial charge in [0.25, 0.3) is 0 Å². The normalized spacial score (nSPS) is 10.2. The van der Waals surface area contributed by atoms with E-state index in [2.05, 4.69) is 29.1 Å². The first kappa shape index (κ1) is 15.8. The number of rotatable bonds is 7. The van der Waals surface area contributed by atoms with Crippen LogP contribution in [0.25, 0.3) is 0 Å². The monoisotopic (exact) mass is 298 g/mol. The summed E-state index contributed by atoms with van der Waals surface area (Å²) in [4.78, 5) is 14.0. The van der Waals surface area contributed by atoms with E-state index in [0.29, 0.717) is 19.6 Å². The number of benzene rings is 1. The zero-order valence-corrected chi connectivity index (χ0v) is 12.9. The third-order valence-corrected chi connectivity index (χ3v) is 3.35. The zero-order valence-electron chi connectivity index (χ0n) is 12.9. The molecule has 0 spiro atoms. The Balaban J connectivity index is 1.86. The average Bonchev–Trinajstić information content (AvgIpc) is 2.95. The molecule has 2 aromatic rings. The molecular weight excluding hydrogens is 276 g/mol. The van der Waals surface area contributed by atoms with Gasteiger partial charge in [0.15, 0.2) is 0 Å². The molecule has 0 radical (unpaired) electrons. The number of nitrogens with zero attached hydrogens (tertiary/aromatic N) is 3. The lowest BCUT2D eigenvalue weighted by Crippen LogP contribution is -2.40. The van der Waals surface area contributed by atoms with Crippen LogP contribution in [0, 0.1) is 0 Å². The molecule has 5 heteroatoms. The smallest absolute Gasteiger partial charge is 0.317 e. The van der Waals surface area contributed by atoms with Crippen molar-refractivity contribution in [3.05, 3.63) is 66.5 Å². The summed E-state index contributed by atoms with van der Waals surface area (Å²) in [5.74, 6) is 0. The van der Waals surface area contributed by atoms with Gasteiger partial charge in [0.2, 0.25) is 0 Å². The number of urea groups is 1. The quantitative estimate of drug-likeness (QED) is 0.798. The maximum Gasteiger partial charge on any atom is 0.317 e. The summed E-state index contributed by atoms with van der Waals surface area (Å²) in [5, 5.41) is 7.01. The highest BCUT2D eigenvalue weighted by atomic mass is 16.2. The largest absolute Gasteiger partial charge is 0.334 e. The first-order valence-electron chi connectivity index (χ1n) is 7.34. The van der Waals surface area contributed by atoms with E-state index < -0.39 is 0 Å². The molecule has 1 N–H and O–H groups in total. The third-order valence-electron chi connectivity index (χ3n) is 3.35. The molecule has 2 amide bonds. The molecule has 0 atom stereocenters. The van der Waals surface area contributed by atoms with Gasteiger partial charge < -0.3 is 10.2 Å². The molecule has 0 saturated heterocycles. The van der Waals surface area contributed by atoms with Gasteiger partial charge in [-0.25, -0.2) is 4.79 Å². The van der Waals surface area contributed by atoms with E-state index in [0.717, 1.165) is 12.0 Å². The predicted molar refractivity (Wildman–Crippen MR) is 87.4 cm³/mol. The summed E-state index contributed by atoms with van der Waals surface area (Å²) < 4.78 is 1.72. The number of aromatic nitrogens is 2. The number of hydrogen-bond donors (Lipinski definition) is 1. The molecule has 0 bridgehead atoms. The topological polar surface area (TPSA) is 50.2 Å². The summed E-state index contributed by atoms with van der Waals surface area (Å²) in [6.45, 7) is 5.40. The summed E-state index contributed by atoms with van der Waals surface area (Å²) >= 11 is 0. The molecule has 0 aliphatic heterocycles. The van der Waals surface area contributed by atoms with Crippen molar-refractivity contribution in [1.29, 1.82) is 0 Å². The van der Waals surface area contributed by atoms with Gasteiger partial charge >= 0.3 is 6.03 Å². The lowest BCUT2D eigenvalue weighted by atomic mass is 10.1. The zero-order chi connectivity index (χ0) is 15.8. The highest BCUT2D eigenvalue weighted by Gasteiger charge is 2.11. The molecule has 0 saturated carbocycles. The van der Waals surface area contributed by atoms with E-state index in [-0.39, 0.29) is 6.03 Å².